The lowest BCUT2D eigenvalue weighted by Crippen LogP contribution is -2.28. The molecule has 0 saturated carbocycles. The molecule has 1 heterocycles. The van der Waals surface area contributed by atoms with E-state index in [9.17, 15) is 14.0 Å². The summed E-state index contributed by atoms with van der Waals surface area (Å²) >= 11 is 0. The standard InChI is InChI=1S/C15H13FN2O3/c1-18(14(19)10-7-8-17-9-12(10)16)13-6-4-3-5-11(13)15(20)21-2/h3-9H,1-2H3. The molecule has 0 unspecified atom stereocenters. The van der Waals surface area contributed by atoms with Crippen LogP contribution in [0.1, 0.15) is 20.7 Å². The maximum Gasteiger partial charge on any atom is 0.339 e. The van der Waals surface area contributed by atoms with Crippen LogP contribution in [0, 0.1) is 5.82 Å². The number of hydrogen-bond donors (Lipinski definition) is 0. The highest BCUT2D eigenvalue weighted by Crippen LogP contribution is 2.22. The molecule has 1 amide bonds. The van der Waals surface area contributed by atoms with Crippen LogP contribution in [0.15, 0.2) is 42.7 Å². The van der Waals surface area contributed by atoms with Gasteiger partial charge in [-0.2, -0.15) is 0 Å². The molecule has 0 aliphatic heterocycles. The molecule has 0 bridgehead atoms. The Labute approximate surface area is 121 Å². The maximum absolute atomic E-state index is 13.6. The summed E-state index contributed by atoms with van der Waals surface area (Å²) in [7, 11) is 2.72. The van der Waals surface area contributed by atoms with Crippen LogP contribution >= 0.6 is 0 Å². The summed E-state index contributed by atoms with van der Waals surface area (Å²) in [4.78, 5) is 28.9. The molecular formula is C15H13FN2O3. The number of rotatable bonds is 3. The first kappa shape index (κ1) is 14.6. The average molecular weight is 288 g/mol. The van der Waals surface area contributed by atoms with Crippen molar-refractivity contribution in [1.29, 1.82) is 0 Å². The van der Waals surface area contributed by atoms with E-state index in [4.69, 9.17) is 0 Å². The average Bonchev–Trinajstić information content (AvgIpc) is 2.53. The molecule has 0 aliphatic carbocycles. The molecule has 1 aromatic carbocycles. The molecular weight excluding hydrogens is 275 g/mol. The van der Waals surface area contributed by atoms with Gasteiger partial charge in [0.05, 0.1) is 30.1 Å². The molecule has 2 aromatic rings. The van der Waals surface area contributed by atoms with Crippen molar-refractivity contribution in [2.75, 3.05) is 19.1 Å². The van der Waals surface area contributed by atoms with Crippen LogP contribution < -0.4 is 4.90 Å². The second-order valence-electron chi connectivity index (χ2n) is 4.23. The van der Waals surface area contributed by atoms with Crippen LogP contribution in [0.25, 0.3) is 0 Å². The van der Waals surface area contributed by atoms with Crippen LogP contribution in [-0.4, -0.2) is 31.0 Å². The first-order chi connectivity index (χ1) is 10.1. The number of carbonyl (C=O) groups excluding carboxylic acids is 2. The van der Waals surface area contributed by atoms with Crippen molar-refractivity contribution in [3.8, 4) is 0 Å². The second-order valence-corrected chi connectivity index (χ2v) is 4.23. The zero-order chi connectivity index (χ0) is 15.4. The van der Waals surface area contributed by atoms with Crippen LogP contribution in [-0.2, 0) is 4.74 Å². The van der Waals surface area contributed by atoms with Crippen LogP contribution in [0.2, 0.25) is 0 Å². The molecule has 0 saturated heterocycles. The number of aromatic nitrogens is 1. The molecule has 0 spiro atoms. The molecule has 21 heavy (non-hydrogen) atoms. The molecule has 0 radical (unpaired) electrons. The Balaban J connectivity index is 2.41. The van der Waals surface area contributed by atoms with Gasteiger partial charge in [-0.05, 0) is 18.2 Å². The summed E-state index contributed by atoms with van der Waals surface area (Å²) in [5.74, 6) is -1.86. The van der Waals surface area contributed by atoms with Crippen LogP contribution in [0.5, 0.6) is 0 Å². The van der Waals surface area contributed by atoms with E-state index in [2.05, 4.69) is 9.72 Å². The Morgan fingerprint density at radius 1 is 1.19 bits per heavy atom. The van der Waals surface area contributed by atoms with Crippen LogP contribution in [0.4, 0.5) is 10.1 Å². The summed E-state index contributed by atoms with van der Waals surface area (Å²) in [6.45, 7) is 0. The number of para-hydroxylation sites is 1. The van der Waals surface area contributed by atoms with E-state index < -0.39 is 17.7 Å². The highest BCUT2D eigenvalue weighted by atomic mass is 19.1. The number of benzene rings is 1. The Kier molecular flexibility index (Phi) is 4.27. The number of methoxy groups -OCH3 is 1. The number of pyridine rings is 1. The largest absolute Gasteiger partial charge is 0.465 e. The predicted molar refractivity (Wildman–Crippen MR) is 74.7 cm³/mol. The third-order valence-electron chi connectivity index (χ3n) is 2.98. The molecule has 0 atom stereocenters. The fraction of sp³-hybridized carbons (Fsp3) is 0.133. The normalized spacial score (nSPS) is 10.0. The quantitative estimate of drug-likeness (QED) is 0.813. The smallest absolute Gasteiger partial charge is 0.339 e. The van der Waals surface area contributed by atoms with E-state index in [1.54, 1.807) is 18.2 Å². The van der Waals surface area contributed by atoms with Gasteiger partial charge in [0.1, 0.15) is 0 Å². The lowest BCUT2D eigenvalue weighted by atomic mass is 10.1. The Bertz CT molecular complexity index is 688. The highest BCUT2D eigenvalue weighted by molar-refractivity contribution is 6.09. The van der Waals surface area contributed by atoms with E-state index in [0.29, 0.717) is 5.69 Å². The van der Waals surface area contributed by atoms with Crippen molar-refractivity contribution in [2.45, 2.75) is 0 Å². The van der Waals surface area contributed by atoms with Gasteiger partial charge in [-0.15, -0.1) is 0 Å². The van der Waals surface area contributed by atoms with E-state index in [-0.39, 0.29) is 11.1 Å². The Morgan fingerprint density at radius 3 is 2.57 bits per heavy atom. The van der Waals surface area contributed by atoms with Gasteiger partial charge in [0.25, 0.3) is 5.91 Å². The predicted octanol–water partition coefficient (Wildman–Crippen LogP) is 2.28. The minimum absolute atomic E-state index is 0.118. The summed E-state index contributed by atoms with van der Waals surface area (Å²) < 4.78 is 18.3. The monoisotopic (exact) mass is 288 g/mol. The molecule has 0 fully saturated rings. The SMILES string of the molecule is COC(=O)c1ccccc1N(C)C(=O)c1ccncc1F. The number of nitrogens with zero attached hydrogens (tertiary/aromatic N) is 2. The number of hydrogen-bond acceptors (Lipinski definition) is 4. The zero-order valence-corrected chi connectivity index (χ0v) is 11.5. The minimum atomic E-state index is -0.718. The first-order valence-corrected chi connectivity index (χ1v) is 6.11. The number of carbonyl (C=O) groups is 2. The zero-order valence-electron chi connectivity index (χ0n) is 11.5. The van der Waals surface area contributed by atoms with E-state index >= 15 is 0 Å². The highest BCUT2D eigenvalue weighted by Gasteiger charge is 2.21. The van der Waals surface area contributed by atoms with Gasteiger partial charge in [-0.25, -0.2) is 9.18 Å². The second kappa shape index (κ2) is 6.13. The Morgan fingerprint density at radius 2 is 1.90 bits per heavy atom. The number of amides is 1. The Hall–Kier alpha value is -2.76. The van der Waals surface area contributed by atoms with Crippen molar-refractivity contribution < 1.29 is 18.7 Å². The summed E-state index contributed by atoms with van der Waals surface area (Å²) in [6, 6.07) is 7.74. The van der Waals surface area contributed by atoms with E-state index in [1.807, 2.05) is 0 Å². The van der Waals surface area contributed by atoms with E-state index in [1.165, 1.54) is 37.4 Å². The fourth-order valence-electron chi connectivity index (χ4n) is 1.89. The summed E-state index contributed by atoms with van der Waals surface area (Å²) in [5.41, 5.74) is 0.447. The molecule has 5 nitrogen and oxygen atoms in total. The summed E-state index contributed by atoms with van der Waals surface area (Å²) in [6.07, 6.45) is 2.30. The molecule has 108 valence electrons. The topological polar surface area (TPSA) is 59.5 Å². The molecule has 2 rings (SSSR count). The molecule has 0 aliphatic rings. The lowest BCUT2D eigenvalue weighted by Gasteiger charge is -2.20. The van der Waals surface area contributed by atoms with Crippen molar-refractivity contribution in [3.63, 3.8) is 0 Å². The van der Waals surface area contributed by atoms with Gasteiger partial charge in [0.15, 0.2) is 5.82 Å². The number of halogens is 1. The molecule has 1 aromatic heterocycles. The number of anilines is 1. The summed E-state index contributed by atoms with van der Waals surface area (Å²) in [5, 5.41) is 0. The maximum atomic E-state index is 13.6. The third kappa shape index (κ3) is 2.89. The van der Waals surface area contributed by atoms with Gasteiger partial charge in [-0.1, -0.05) is 12.1 Å². The van der Waals surface area contributed by atoms with Gasteiger partial charge < -0.3 is 9.64 Å². The van der Waals surface area contributed by atoms with Crippen molar-refractivity contribution in [2.24, 2.45) is 0 Å². The van der Waals surface area contributed by atoms with Gasteiger partial charge >= 0.3 is 5.97 Å². The first-order valence-electron chi connectivity index (χ1n) is 6.11. The van der Waals surface area contributed by atoms with Crippen molar-refractivity contribution in [3.05, 3.63) is 59.7 Å². The number of esters is 1. The minimum Gasteiger partial charge on any atom is -0.465 e. The van der Waals surface area contributed by atoms with Crippen molar-refractivity contribution in [1.82, 2.24) is 4.98 Å². The molecule has 6 heteroatoms. The number of ether oxygens (including phenoxy) is 1. The van der Waals surface area contributed by atoms with Crippen LogP contribution in [0.3, 0.4) is 0 Å². The molecule has 0 N–H and O–H groups in total. The third-order valence-corrected chi connectivity index (χ3v) is 2.98. The fourth-order valence-corrected chi connectivity index (χ4v) is 1.89. The van der Waals surface area contributed by atoms with Gasteiger partial charge in [0.2, 0.25) is 0 Å². The van der Waals surface area contributed by atoms with E-state index in [0.717, 1.165) is 6.20 Å². The van der Waals surface area contributed by atoms with Gasteiger partial charge in [-0.3, -0.25) is 9.78 Å². The lowest BCUT2D eigenvalue weighted by molar-refractivity contribution is 0.0601. The van der Waals surface area contributed by atoms with Gasteiger partial charge in [0, 0.05) is 13.2 Å². The van der Waals surface area contributed by atoms with Crippen molar-refractivity contribution >= 4 is 17.6 Å².